The van der Waals surface area contributed by atoms with Crippen LogP contribution in [-0.2, 0) is 4.79 Å². The molecule has 3 N–H and O–H groups in total. The first-order valence-corrected chi connectivity index (χ1v) is 6.55. The molecule has 112 valence electrons. The fraction of sp³-hybridized carbons (Fsp3) is 0.833. The van der Waals surface area contributed by atoms with Gasteiger partial charge in [0.25, 0.3) is 0 Å². The van der Waals surface area contributed by atoms with Crippen LogP contribution in [-0.4, -0.2) is 56.1 Å². The van der Waals surface area contributed by atoms with Gasteiger partial charge in [0, 0.05) is 13.1 Å². The molecule has 0 aromatic rings. The Morgan fingerprint density at radius 2 is 2.11 bits per heavy atom. The zero-order valence-electron chi connectivity index (χ0n) is 11.9. The Morgan fingerprint density at radius 3 is 2.68 bits per heavy atom. The van der Waals surface area contributed by atoms with Gasteiger partial charge in [0.15, 0.2) is 0 Å². The number of nitrogens with zero attached hydrogens (tertiary/aromatic N) is 1. The fourth-order valence-electron chi connectivity index (χ4n) is 2.26. The molecule has 2 unspecified atom stereocenters. The number of carbonyl (C=O) groups is 2. The van der Waals surface area contributed by atoms with Crippen LogP contribution in [0.3, 0.4) is 0 Å². The van der Waals surface area contributed by atoms with Crippen molar-refractivity contribution in [3.05, 3.63) is 0 Å². The summed E-state index contributed by atoms with van der Waals surface area (Å²) in [6.45, 7) is 6.97. The second kappa shape index (κ2) is 9.12. The van der Waals surface area contributed by atoms with Crippen molar-refractivity contribution in [2.24, 2.45) is 5.92 Å². The first kappa shape index (κ1) is 18.1. The molecule has 19 heavy (non-hydrogen) atoms. The van der Waals surface area contributed by atoms with Crippen molar-refractivity contribution in [3.63, 3.8) is 0 Å². The maximum Gasteiger partial charge on any atom is 0.321 e. The van der Waals surface area contributed by atoms with Gasteiger partial charge < -0.3 is 10.6 Å². The van der Waals surface area contributed by atoms with Crippen LogP contribution in [0.1, 0.15) is 20.3 Å². The van der Waals surface area contributed by atoms with Gasteiger partial charge in [-0.2, -0.15) is 0 Å². The number of carbonyl (C=O) groups excluding carboxylic acids is 2. The average Bonchev–Trinajstić information content (AvgIpc) is 2.77. The second-order valence-corrected chi connectivity index (χ2v) is 4.73. The third kappa shape index (κ3) is 5.76. The lowest BCUT2D eigenvalue weighted by molar-refractivity contribution is -0.124. The molecule has 3 amide bonds. The Balaban J connectivity index is 0.00000324. The molecule has 1 heterocycles. The highest BCUT2D eigenvalue weighted by molar-refractivity contribution is 5.96. The van der Waals surface area contributed by atoms with Gasteiger partial charge in [-0.15, -0.1) is 12.4 Å². The second-order valence-electron chi connectivity index (χ2n) is 4.73. The van der Waals surface area contributed by atoms with E-state index in [0.717, 1.165) is 26.1 Å². The highest BCUT2D eigenvalue weighted by atomic mass is 35.5. The highest BCUT2D eigenvalue weighted by Crippen LogP contribution is 2.17. The van der Waals surface area contributed by atoms with Crippen molar-refractivity contribution in [3.8, 4) is 0 Å². The van der Waals surface area contributed by atoms with E-state index in [9.17, 15) is 9.59 Å². The minimum absolute atomic E-state index is 0. The van der Waals surface area contributed by atoms with Crippen LogP contribution in [0.2, 0.25) is 0 Å². The average molecular weight is 293 g/mol. The minimum atomic E-state index is -0.416. The molecular weight excluding hydrogens is 268 g/mol. The van der Waals surface area contributed by atoms with Gasteiger partial charge in [-0.3, -0.25) is 15.0 Å². The van der Waals surface area contributed by atoms with Crippen molar-refractivity contribution in [1.82, 2.24) is 20.9 Å². The maximum atomic E-state index is 11.9. The van der Waals surface area contributed by atoms with E-state index in [-0.39, 0.29) is 24.4 Å². The third-order valence-corrected chi connectivity index (χ3v) is 3.31. The van der Waals surface area contributed by atoms with Gasteiger partial charge in [0.1, 0.15) is 0 Å². The lowest BCUT2D eigenvalue weighted by Gasteiger charge is -2.23. The van der Waals surface area contributed by atoms with E-state index >= 15 is 0 Å². The van der Waals surface area contributed by atoms with Crippen molar-refractivity contribution >= 4 is 24.3 Å². The molecule has 1 fully saturated rings. The van der Waals surface area contributed by atoms with Crippen molar-refractivity contribution in [2.75, 3.05) is 33.2 Å². The molecule has 1 aliphatic heterocycles. The number of nitrogens with one attached hydrogen (secondary N) is 3. The molecule has 0 aromatic heterocycles. The largest absolute Gasteiger partial charge is 0.338 e. The Morgan fingerprint density at radius 1 is 1.42 bits per heavy atom. The molecule has 1 saturated heterocycles. The minimum Gasteiger partial charge on any atom is -0.338 e. The zero-order chi connectivity index (χ0) is 13.5. The summed E-state index contributed by atoms with van der Waals surface area (Å²) >= 11 is 0. The van der Waals surface area contributed by atoms with E-state index < -0.39 is 6.03 Å². The Bertz CT molecular complexity index is 301. The molecule has 0 radical (unpaired) electrons. The molecular formula is C12H25ClN4O2. The summed E-state index contributed by atoms with van der Waals surface area (Å²) in [6, 6.07) is -0.671. The number of amides is 3. The van der Waals surface area contributed by atoms with Gasteiger partial charge in [-0.25, -0.2) is 4.79 Å². The summed E-state index contributed by atoms with van der Waals surface area (Å²) in [5.41, 5.74) is 0. The summed E-state index contributed by atoms with van der Waals surface area (Å²) in [4.78, 5) is 25.2. The molecule has 2 atom stereocenters. The predicted octanol–water partition coefficient (Wildman–Crippen LogP) is 0.184. The number of hydrogen-bond acceptors (Lipinski definition) is 4. The predicted molar refractivity (Wildman–Crippen MR) is 77.5 cm³/mol. The Hall–Kier alpha value is -0.850. The first-order chi connectivity index (χ1) is 8.58. The van der Waals surface area contributed by atoms with Gasteiger partial charge in [0.2, 0.25) is 5.91 Å². The SMILES string of the molecule is CCNC(=O)NC(=O)C(C)N1CCC(CNC)C1.Cl. The number of urea groups is 1. The quantitative estimate of drug-likeness (QED) is 0.676. The summed E-state index contributed by atoms with van der Waals surface area (Å²) < 4.78 is 0. The van der Waals surface area contributed by atoms with Crippen LogP contribution in [0.25, 0.3) is 0 Å². The topological polar surface area (TPSA) is 73.5 Å². The summed E-state index contributed by atoms with van der Waals surface area (Å²) in [5, 5.41) is 8.07. The standard InChI is InChI=1S/C12H24N4O2.ClH/c1-4-14-12(18)15-11(17)9(2)16-6-5-10(8-16)7-13-3;/h9-10,13H,4-8H2,1-3H3,(H2,14,15,17,18);1H. The first-order valence-electron chi connectivity index (χ1n) is 6.55. The molecule has 7 heteroatoms. The highest BCUT2D eigenvalue weighted by Gasteiger charge is 2.29. The molecule has 0 aromatic carbocycles. The summed E-state index contributed by atoms with van der Waals surface area (Å²) in [7, 11) is 1.94. The van der Waals surface area contributed by atoms with Crippen molar-refractivity contribution in [1.29, 1.82) is 0 Å². The number of likely N-dealkylation sites (tertiary alicyclic amines) is 1. The van der Waals surface area contributed by atoms with Gasteiger partial charge in [-0.05, 0) is 46.3 Å². The van der Waals surface area contributed by atoms with E-state index in [2.05, 4.69) is 20.9 Å². The smallest absolute Gasteiger partial charge is 0.321 e. The number of halogens is 1. The number of imide groups is 1. The van der Waals surface area contributed by atoms with Gasteiger partial charge in [-0.1, -0.05) is 0 Å². The van der Waals surface area contributed by atoms with E-state index in [1.807, 2.05) is 20.9 Å². The molecule has 0 aliphatic carbocycles. The molecule has 6 nitrogen and oxygen atoms in total. The van der Waals surface area contributed by atoms with E-state index in [1.54, 1.807) is 0 Å². The molecule has 1 aliphatic rings. The van der Waals surface area contributed by atoms with E-state index in [4.69, 9.17) is 0 Å². The summed E-state index contributed by atoms with van der Waals surface area (Å²) in [6.07, 6.45) is 1.10. The van der Waals surface area contributed by atoms with Crippen LogP contribution in [0, 0.1) is 5.92 Å². The van der Waals surface area contributed by atoms with Crippen LogP contribution >= 0.6 is 12.4 Å². The zero-order valence-corrected chi connectivity index (χ0v) is 12.7. The molecule has 0 spiro atoms. The van der Waals surface area contributed by atoms with Crippen molar-refractivity contribution < 1.29 is 9.59 Å². The number of rotatable bonds is 5. The molecule has 0 saturated carbocycles. The van der Waals surface area contributed by atoms with Crippen LogP contribution in [0.5, 0.6) is 0 Å². The number of hydrogen-bond donors (Lipinski definition) is 3. The Kier molecular flexibility index (Phi) is 8.71. The van der Waals surface area contributed by atoms with Crippen molar-refractivity contribution in [2.45, 2.75) is 26.3 Å². The maximum absolute atomic E-state index is 11.9. The Labute approximate surface area is 121 Å². The van der Waals surface area contributed by atoms with E-state index in [1.165, 1.54) is 0 Å². The van der Waals surface area contributed by atoms with E-state index in [0.29, 0.717) is 12.5 Å². The molecule has 0 bridgehead atoms. The lowest BCUT2D eigenvalue weighted by atomic mass is 10.1. The van der Waals surface area contributed by atoms with Gasteiger partial charge in [0.05, 0.1) is 6.04 Å². The van der Waals surface area contributed by atoms with Crippen LogP contribution < -0.4 is 16.0 Å². The van der Waals surface area contributed by atoms with Crippen LogP contribution in [0.15, 0.2) is 0 Å². The third-order valence-electron chi connectivity index (χ3n) is 3.31. The lowest BCUT2D eigenvalue weighted by Crippen LogP contribution is -2.49. The van der Waals surface area contributed by atoms with Gasteiger partial charge >= 0.3 is 6.03 Å². The summed E-state index contributed by atoms with van der Waals surface area (Å²) in [5.74, 6) is 0.362. The normalized spacial score (nSPS) is 20.5. The van der Waals surface area contributed by atoms with Crippen LogP contribution in [0.4, 0.5) is 4.79 Å². The fourth-order valence-corrected chi connectivity index (χ4v) is 2.26. The molecule has 1 rings (SSSR count). The monoisotopic (exact) mass is 292 g/mol.